The van der Waals surface area contributed by atoms with Crippen LogP contribution < -0.4 is 5.32 Å². The molecular weight excluding hydrogens is 356 g/mol. The van der Waals surface area contributed by atoms with Crippen molar-refractivity contribution in [2.45, 2.75) is 12.6 Å². The molecule has 9 nitrogen and oxygen atoms in total. The van der Waals surface area contributed by atoms with Crippen molar-refractivity contribution in [3.63, 3.8) is 0 Å². The zero-order valence-corrected chi connectivity index (χ0v) is 16.1. The van der Waals surface area contributed by atoms with E-state index in [1.54, 1.807) is 24.3 Å². The Balaban J connectivity index is 1.36. The van der Waals surface area contributed by atoms with Crippen LogP contribution in [0.1, 0.15) is 17.2 Å². The molecular formula is C19H24N8O. The van der Waals surface area contributed by atoms with E-state index in [2.05, 4.69) is 36.3 Å². The fraction of sp³-hybridized carbons (Fsp3) is 0.368. The molecule has 0 spiro atoms. The normalized spacial score (nSPS) is 17.7. The second kappa shape index (κ2) is 8.22. The smallest absolute Gasteiger partial charge is 0.194 e. The average molecular weight is 380 g/mol. The highest BCUT2D eigenvalue weighted by atomic mass is 16.5. The van der Waals surface area contributed by atoms with Crippen molar-refractivity contribution in [2.24, 2.45) is 12.0 Å². The molecule has 0 radical (unpaired) electrons. The zero-order chi connectivity index (χ0) is 19.3. The van der Waals surface area contributed by atoms with Gasteiger partial charge in [0.2, 0.25) is 0 Å². The van der Waals surface area contributed by atoms with Crippen LogP contribution in [0, 0.1) is 0 Å². The van der Waals surface area contributed by atoms with Crippen molar-refractivity contribution in [1.82, 2.24) is 34.5 Å². The van der Waals surface area contributed by atoms with E-state index in [-0.39, 0.29) is 6.10 Å². The lowest BCUT2D eigenvalue weighted by Gasteiger charge is -2.34. The number of imidazole rings is 1. The highest BCUT2D eigenvalue weighted by Crippen LogP contribution is 2.21. The topological polar surface area (TPSA) is 85.4 Å². The molecule has 146 valence electrons. The molecule has 0 bridgehead atoms. The van der Waals surface area contributed by atoms with Gasteiger partial charge in [-0.15, -0.1) is 0 Å². The van der Waals surface area contributed by atoms with Crippen LogP contribution in [-0.2, 0) is 18.3 Å². The molecule has 0 saturated carbocycles. The number of ether oxygens (including phenoxy) is 1. The minimum Gasteiger partial charge on any atom is -0.370 e. The Hall–Kier alpha value is -3.20. The Morgan fingerprint density at radius 2 is 2.29 bits per heavy atom. The summed E-state index contributed by atoms with van der Waals surface area (Å²) in [6.07, 6.45) is 11.1. The van der Waals surface area contributed by atoms with E-state index in [1.165, 1.54) is 0 Å². The molecule has 1 N–H and O–H groups in total. The molecule has 1 atom stereocenters. The minimum atomic E-state index is -0.00266. The average Bonchev–Trinajstić information content (AvgIpc) is 3.41. The van der Waals surface area contributed by atoms with Crippen molar-refractivity contribution in [3.8, 4) is 5.82 Å². The van der Waals surface area contributed by atoms with Gasteiger partial charge in [-0.1, -0.05) is 6.07 Å². The van der Waals surface area contributed by atoms with Crippen LogP contribution in [-0.4, -0.2) is 61.9 Å². The maximum Gasteiger partial charge on any atom is 0.194 e. The fourth-order valence-corrected chi connectivity index (χ4v) is 3.23. The van der Waals surface area contributed by atoms with E-state index in [0.717, 1.165) is 36.0 Å². The summed E-state index contributed by atoms with van der Waals surface area (Å²) in [5, 5.41) is 7.67. The molecule has 3 aromatic heterocycles. The molecule has 28 heavy (non-hydrogen) atoms. The van der Waals surface area contributed by atoms with Gasteiger partial charge in [-0.2, -0.15) is 5.10 Å². The predicted molar refractivity (Wildman–Crippen MR) is 105 cm³/mol. The number of aromatic nitrogens is 5. The van der Waals surface area contributed by atoms with Gasteiger partial charge in [-0.25, -0.2) is 9.97 Å². The summed E-state index contributed by atoms with van der Waals surface area (Å²) in [5.41, 5.74) is 2.17. The van der Waals surface area contributed by atoms with Gasteiger partial charge in [0.05, 0.1) is 19.3 Å². The molecule has 9 heteroatoms. The van der Waals surface area contributed by atoms with Crippen molar-refractivity contribution in [3.05, 3.63) is 60.6 Å². The molecule has 1 fully saturated rings. The molecule has 0 amide bonds. The maximum absolute atomic E-state index is 5.92. The Morgan fingerprint density at radius 1 is 1.36 bits per heavy atom. The lowest BCUT2D eigenvalue weighted by atomic mass is 10.1. The molecule has 4 heterocycles. The second-order valence-electron chi connectivity index (χ2n) is 6.65. The zero-order valence-electron chi connectivity index (χ0n) is 16.1. The fourth-order valence-electron chi connectivity index (χ4n) is 3.23. The number of aliphatic imine (C=N–C) groups is 1. The third-order valence-electron chi connectivity index (χ3n) is 4.70. The Kier molecular flexibility index (Phi) is 5.34. The lowest BCUT2D eigenvalue weighted by molar-refractivity contribution is -0.00805. The van der Waals surface area contributed by atoms with Crippen LogP contribution in [0.2, 0.25) is 0 Å². The molecule has 3 aromatic rings. The Labute approximate surface area is 163 Å². The van der Waals surface area contributed by atoms with Gasteiger partial charge in [0.1, 0.15) is 18.2 Å². The third-order valence-corrected chi connectivity index (χ3v) is 4.70. The van der Waals surface area contributed by atoms with Crippen LogP contribution in [0.4, 0.5) is 0 Å². The SMILES string of the molecule is CN=C(NCc1ccc(-n2ccnc2)nc1)N1CCOC(c2cnn(C)c2)C1. The number of nitrogens with zero attached hydrogens (tertiary/aromatic N) is 7. The number of rotatable bonds is 4. The molecule has 1 aliphatic heterocycles. The molecule has 1 saturated heterocycles. The molecule has 1 aliphatic rings. The monoisotopic (exact) mass is 380 g/mol. The Morgan fingerprint density at radius 3 is 2.96 bits per heavy atom. The quantitative estimate of drug-likeness (QED) is 0.540. The van der Waals surface area contributed by atoms with E-state index in [1.807, 2.05) is 42.5 Å². The summed E-state index contributed by atoms with van der Waals surface area (Å²) in [6.45, 7) is 2.84. The first-order valence-corrected chi connectivity index (χ1v) is 9.22. The van der Waals surface area contributed by atoms with Gasteiger partial charge in [-0.3, -0.25) is 14.2 Å². The van der Waals surface area contributed by atoms with Crippen LogP contribution in [0.15, 0.2) is 54.4 Å². The number of nitrogens with one attached hydrogen (secondary N) is 1. The number of morpholine rings is 1. The van der Waals surface area contributed by atoms with Crippen molar-refractivity contribution in [2.75, 3.05) is 26.7 Å². The predicted octanol–water partition coefficient (Wildman–Crippen LogP) is 1.15. The summed E-state index contributed by atoms with van der Waals surface area (Å²) < 4.78 is 9.59. The first kappa shape index (κ1) is 18.2. The number of pyridine rings is 1. The van der Waals surface area contributed by atoms with Crippen LogP contribution >= 0.6 is 0 Å². The number of hydrogen-bond acceptors (Lipinski definition) is 5. The van der Waals surface area contributed by atoms with E-state index in [9.17, 15) is 0 Å². The third kappa shape index (κ3) is 4.04. The van der Waals surface area contributed by atoms with Gasteiger partial charge >= 0.3 is 0 Å². The van der Waals surface area contributed by atoms with Gasteiger partial charge in [-0.05, 0) is 11.6 Å². The largest absolute Gasteiger partial charge is 0.370 e. The lowest BCUT2D eigenvalue weighted by Crippen LogP contribution is -2.47. The van der Waals surface area contributed by atoms with E-state index in [4.69, 9.17) is 4.74 Å². The Bertz CT molecular complexity index is 916. The summed E-state index contributed by atoms with van der Waals surface area (Å²) >= 11 is 0. The van der Waals surface area contributed by atoms with Crippen LogP contribution in [0.5, 0.6) is 0 Å². The first-order valence-electron chi connectivity index (χ1n) is 9.22. The number of aryl methyl sites for hydroxylation is 1. The second-order valence-corrected chi connectivity index (χ2v) is 6.65. The molecule has 0 aromatic carbocycles. The standard InChI is InChI=1S/C19H24N8O/c1-20-19(26-7-8-28-17(13-26)16-11-24-25(2)12-16)23-10-15-3-4-18(22-9-15)27-6-5-21-14-27/h3-6,9,11-12,14,17H,7-8,10,13H2,1-2H3,(H,20,23). The van der Waals surface area contributed by atoms with E-state index < -0.39 is 0 Å². The highest BCUT2D eigenvalue weighted by Gasteiger charge is 2.25. The van der Waals surface area contributed by atoms with Crippen LogP contribution in [0.3, 0.4) is 0 Å². The first-order chi connectivity index (χ1) is 13.7. The van der Waals surface area contributed by atoms with Crippen molar-refractivity contribution < 1.29 is 4.74 Å². The molecule has 1 unspecified atom stereocenters. The van der Waals surface area contributed by atoms with E-state index in [0.29, 0.717) is 13.2 Å². The van der Waals surface area contributed by atoms with Gasteiger partial charge < -0.3 is 15.0 Å². The number of hydrogen-bond donors (Lipinski definition) is 1. The minimum absolute atomic E-state index is 0.00266. The summed E-state index contributed by atoms with van der Waals surface area (Å²) in [5.74, 6) is 1.70. The van der Waals surface area contributed by atoms with Gasteiger partial charge in [0, 0.05) is 57.5 Å². The highest BCUT2D eigenvalue weighted by molar-refractivity contribution is 5.80. The summed E-state index contributed by atoms with van der Waals surface area (Å²) in [4.78, 5) is 15.2. The summed E-state index contributed by atoms with van der Waals surface area (Å²) in [6, 6.07) is 4.04. The maximum atomic E-state index is 5.92. The molecule has 4 rings (SSSR count). The number of guanidine groups is 1. The molecule has 0 aliphatic carbocycles. The summed E-state index contributed by atoms with van der Waals surface area (Å²) in [7, 11) is 3.72. The van der Waals surface area contributed by atoms with Crippen molar-refractivity contribution >= 4 is 5.96 Å². The van der Waals surface area contributed by atoms with Gasteiger partial charge in [0.15, 0.2) is 5.96 Å². The van der Waals surface area contributed by atoms with Crippen molar-refractivity contribution in [1.29, 1.82) is 0 Å². The van der Waals surface area contributed by atoms with Crippen LogP contribution in [0.25, 0.3) is 5.82 Å². The van der Waals surface area contributed by atoms with Gasteiger partial charge in [0.25, 0.3) is 0 Å². The van der Waals surface area contributed by atoms with E-state index >= 15 is 0 Å².